The number of benzene rings is 2. The van der Waals surface area contributed by atoms with Crippen molar-refractivity contribution in [2.45, 2.75) is 43.5 Å². The van der Waals surface area contributed by atoms with Gasteiger partial charge in [-0.1, -0.05) is 53.2 Å². The summed E-state index contributed by atoms with van der Waals surface area (Å²) in [6, 6.07) is 16.5. The second kappa shape index (κ2) is 11.0. The average Bonchev–Trinajstić information content (AvgIpc) is 2.86. The topological polar surface area (TPSA) is 135 Å². The molecular formula is C26H26ClN3O5S. The largest absolute Gasteiger partial charge is 0.388 e. The summed E-state index contributed by atoms with van der Waals surface area (Å²) in [4.78, 5) is 13.5. The van der Waals surface area contributed by atoms with Crippen LogP contribution in [0.2, 0.25) is 5.02 Å². The van der Waals surface area contributed by atoms with Crippen molar-refractivity contribution >= 4 is 35.0 Å². The van der Waals surface area contributed by atoms with Gasteiger partial charge < -0.3 is 30.7 Å². The first-order valence-corrected chi connectivity index (χ1v) is 12.5. The molecule has 10 heteroatoms. The molecule has 8 nitrogen and oxygen atoms in total. The minimum Gasteiger partial charge on any atom is -0.388 e. The zero-order chi connectivity index (χ0) is 26.0. The number of aliphatic hydroxyl groups is 3. The fourth-order valence-electron chi connectivity index (χ4n) is 4.13. The number of halogens is 1. The van der Waals surface area contributed by atoms with Crippen molar-refractivity contribution in [2.24, 2.45) is 0 Å². The molecule has 1 amide bonds. The van der Waals surface area contributed by atoms with Crippen LogP contribution in [0.5, 0.6) is 0 Å². The number of hydrogen-bond donors (Lipinski definition) is 5. The summed E-state index contributed by atoms with van der Waals surface area (Å²) < 4.78 is 5.53. The van der Waals surface area contributed by atoms with E-state index in [-0.39, 0.29) is 18.1 Å². The minimum absolute atomic E-state index is 0.162. The number of carbonyl (C=O) groups is 1. The maximum atomic E-state index is 13.5. The number of carbonyl (C=O) groups excluding carboxylic acids is 1. The molecule has 1 saturated heterocycles. The molecule has 1 unspecified atom stereocenters. The second-order valence-electron chi connectivity index (χ2n) is 8.69. The number of allylic oxidation sites excluding steroid dienone is 2. The standard InChI is InChI=1S/C26H26ClN3O5S/c1-13-3-9-17(10-4-13)30-24(34)20-14(2)29-25(36-26-23(33)22(32)19(31)12-35-26)18(11-28)21(20)15-5-7-16(27)8-6-15/h3-10,19,21-23,26,29,31-33H,12H2,1-2H3,(H,30,34)/t19-,21?,22-,23+,26-/m0/s1. The average molecular weight is 528 g/mol. The predicted molar refractivity (Wildman–Crippen MR) is 138 cm³/mol. The van der Waals surface area contributed by atoms with Crippen LogP contribution in [0.25, 0.3) is 0 Å². The smallest absolute Gasteiger partial charge is 0.254 e. The van der Waals surface area contributed by atoms with Gasteiger partial charge in [0.1, 0.15) is 23.7 Å². The van der Waals surface area contributed by atoms with Gasteiger partial charge in [-0.2, -0.15) is 5.26 Å². The van der Waals surface area contributed by atoms with E-state index >= 15 is 0 Å². The Bertz CT molecular complexity index is 1240. The van der Waals surface area contributed by atoms with E-state index in [0.717, 1.165) is 17.3 Å². The lowest BCUT2D eigenvalue weighted by molar-refractivity contribution is -0.161. The fraction of sp³-hybridized carbons (Fsp3) is 0.308. The highest BCUT2D eigenvalue weighted by Gasteiger charge is 2.41. The summed E-state index contributed by atoms with van der Waals surface area (Å²) in [5.74, 6) is -1.09. The van der Waals surface area contributed by atoms with Crippen molar-refractivity contribution in [1.82, 2.24) is 5.32 Å². The number of amides is 1. The Morgan fingerprint density at radius 1 is 1.11 bits per heavy atom. The molecule has 2 aromatic carbocycles. The lowest BCUT2D eigenvalue weighted by Gasteiger charge is -2.36. The van der Waals surface area contributed by atoms with Gasteiger partial charge in [-0.3, -0.25) is 4.79 Å². The Morgan fingerprint density at radius 2 is 1.78 bits per heavy atom. The van der Waals surface area contributed by atoms with Gasteiger partial charge in [0.2, 0.25) is 0 Å². The Morgan fingerprint density at radius 3 is 2.42 bits per heavy atom. The molecule has 2 heterocycles. The number of hydrogen-bond acceptors (Lipinski definition) is 8. The molecule has 0 aliphatic carbocycles. The summed E-state index contributed by atoms with van der Waals surface area (Å²) >= 11 is 7.12. The van der Waals surface area contributed by atoms with Crippen LogP contribution < -0.4 is 10.6 Å². The maximum absolute atomic E-state index is 13.5. The summed E-state index contributed by atoms with van der Waals surface area (Å²) in [6.45, 7) is 3.53. The number of aliphatic hydroxyl groups excluding tert-OH is 3. The summed E-state index contributed by atoms with van der Waals surface area (Å²) in [6.07, 6.45) is -3.97. The van der Waals surface area contributed by atoms with Crippen molar-refractivity contribution in [3.63, 3.8) is 0 Å². The number of dihydropyridines is 1. The van der Waals surface area contributed by atoms with E-state index in [9.17, 15) is 25.4 Å². The first-order valence-electron chi connectivity index (χ1n) is 11.3. The third kappa shape index (κ3) is 5.44. The Kier molecular flexibility index (Phi) is 8.05. The van der Waals surface area contributed by atoms with E-state index in [1.54, 1.807) is 43.3 Å². The van der Waals surface area contributed by atoms with Gasteiger partial charge >= 0.3 is 0 Å². The molecule has 0 saturated carbocycles. The van der Waals surface area contributed by atoms with Gasteiger partial charge in [0.25, 0.3) is 5.91 Å². The Hall–Kier alpha value is -2.84. The van der Waals surface area contributed by atoms with Crippen molar-refractivity contribution in [2.75, 3.05) is 11.9 Å². The van der Waals surface area contributed by atoms with Crippen LogP contribution >= 0.6 is 23.4 Å². The molecule has 1 fully saturated rings. The van der Waals surface area contributed by atoms with Crippen molar-refractivity contribution in [3.8, 4) is 6.07 Å². The molecule has 5 atom stereocenters. The molecule has 4 rings (SSSR count). The van der Waals surface area contributed by atoms with Crippen molar-refractivity contribution in [3.05, 3.63) is 86.6 Å². The molecular weight excluding hydrogens is 502 g/mol. The summed E-state index contributed by atoms with van der Waals surface area (Å²) in [7, 11) is 0. The highest BCUT2D eigenvalue weighted by atomic mass is 35.5. The number of aryl methyl sites for hydroxylation is 1. The SMILES string of the molecule is CC1=C(C(=O)Nc2ccc(C)cc2)C(c2ccc(Cl)cc2)C(C#N)=C(S[C@@H]2OC[C@H](O)[C@H](O)[C@H]2O)N1. The van der Waals surface area contributed by atoms with Crippen LogP contribution in [0.4, 0.5) is 5.69 Å². The zero-order valence-corrected chi connectivity index (χ0v) is 21.2. The van der Waals surface area contributed by atoms with Gasteiger partial charge in [0.05, 0.1) is 29.2 Å². The first kappa shape index (κ1) is 26.2. The van der Waals surface area contributed by atoms with E-state index in [4.69, 9.17) is 16.3 Å². The molecule has 0 aromatic heterocycles. The quantitative estimate of drug-likeness (QED) is 0.400. The van der Waals surface area contributed by atoms with Crippen LogP contribution in [0.15, 0.2) is 70.4 Å². The number of nitrogens with zero attached hydrogens (tertiary/aromatic N) is 1. The predicted octanol–water partition coefficient (Wildman–Crippen LogP) is 3.16. The minimum atomic E-state index is -1.38. The zero-order valence-electron chi connectivity index (χ0n) is 19.6. The fourth-order valence-corrected chi connectivity index (χ4v) is 5.44. The molecule has 0 spiro atoms. The summed E-state index contributed by atoms with van der Waals surface area (Å²) in [5.41, 5.74) is 2.56. The van der Waals surface area contributed by atoms with Crippen molar-refractivity contribution < 1.29 is 24.9 Å². The molecule has 2 aliphatic rings. The first-order chi connectivity index (χ1) is 17.2. The number of ether oxygens (including phenoxy) is 1. The van der Waals surface area contributed by atoms with E-state index < -0.39 is 29.7 Å². The van der Waals surface area contributed by atoms with Gasteiger partial charge in [-0.15, -0.1) is 0 Å². The van der Waals surface area contributed by atoms with Gasteiger partial charge in [-0.05, 0) is 43.7 Å². The lowest BCUT2D eigenvalue weighted by Crippen LogP contribution is -2.51. The molecule has 5 N–H and O–H groups in total. The van der Waals surface area contributed by atoms with Gasteiger partial charge in [0, 0.05) is 22.0 Å². The third-order valence-corrected chi connectivity index (χ3v) is 7.55. The number of thioether (sulfide) groups is 1. The summed E-state index contributed by atoms with van der Waals surface area (Å²) in [5, 5.41) is 47.4. The number of rotatable bonds is 5. The molecule has 36 heavy (non-hydrogen) atoms. The molecule has 2 aromatic rings. The molecule has 0 radical (unpaired) electrons. The number of anilines is 1. The van der Waals surface area contributed by atoms with Crippen LogP contribution in [0, 0.1) is 18.3 Å². The van der Waals surface area contributed by atoms with Gasteiger partial charge in [0.15, 0.2) is 0 Å². The van der Waals surface area contributed by atoms with E-state index in [2.05, 4.69) is 16.7 Å². The van der Waals surface area contributed by atoms with Crippen LogP contribution in [0.3, 0.4) is 0 Å². The molecule has 188 valence electrons. The lowest BCUT2D eigenvalue weighted by atomic mass is 9.82. The highest BCUT2D eigenvalue weighted by Crippen LogP contribution is 2.43. The van der Waals surface area contributed by atoms with E-state index in [1.807, 2.05) is 19.1 Å². The highest BCUT2D eigenvalue weighted by molar-refractivity contribution is 8.03. The van der Waals surface area contributed by atoms with Crippen molar-refractivity contribution in [1.29, 1.82) is 5.26 Å². The van der Waals surface area contributed by atoms with Crippen LogP contribution in [-0.2, 0) is 9.53 Å². The normalized spacial score (nSPS) is 26.3. The third-order valence-electron chi connectivity index (χ3n) is 6.09. The van der Waals surface area contributed by atoms with Gasteiger partial charge in [-0.25, -0.2) is 0 Å². The van der Waals surface area contributed by atoms with E-state index in [0.29, 0.717) is 32.6 Å². The van der Waals surface area contributed by atoms with Crippen LogP contribution in [-0.4, -0.2) is 51.6 Å². The number of nitrogens with one attached hydrogen (secondary N) is 2. The monoisotopic (exact) mass is 527 g/mol. The van der Waals surface area contributed by atoms with E-state index in [1.165, 1.54) is 0 Å². The molecule has 2 aliphatic heterocycles. The molecule has 0 bridgehead atoms. The Balaban J connectivity index is 1.72. The Labute approximate surface area is 218 Å². The second-order valence-corrected chi connectivity index (χ2v) is 10.2. The van der Waals surface area contributed by atoms with Crippen LogP contribution in [0.1, 0.15) is 24.0 Å². The maximum Gasteiger partial charge on any atom is 0.254 e. The number of nitriles is 1.